The van der Waals surface area contributed by atoms with Crippen LogP contribution in [-0.4, -0.2) is 29.1 Å². The van der Waals surface area contributed by atoms with Gasteiger partial charge in [-0.2, -0.15) is 0 Å². The number of aryl methyl sites for hydroxylation is 1. The Labute approximate surface area is 171 Å². The van der Waals surface area contributed by atoms with Crippen LogP contribution < -0.4 is 9.64 Å². The summed E-state index contributed by atoms with van der Waals surface area (Å²) >= 11 is 0. The summed E-state index contributed by atoms with van der Waals surface area (Å²) in [5.74, 6) is -2.07. The molecule has 2 aromatic carbocycles. The maximum atomic E-state index is 14.7. The molecule has 7 nitrogen and oxygen atoms in total. The summed E-state index contributed by atoms with van der Waals surface area (Å²) in [6, 6.07) is 12.4. The van der Waals surface area contributed by atoms with E-state index in [1.807, 2.05) is 0 Å². The maximum Gasteiger partial charge on any atom is 0.301 e. The number of hydrogen-bond donors (Lipinski definition) is 1. The maximum absolute atomic E-state index is 14.7. The predicted molar refractivity (Wildman–Crippen MR) is 105 cm³/mol. The molecule has 1 amide bonds. The molecular formula is C22H17FN2O5. The zero-order chi connectivity index (χ0) is 21.4. The number of Topliss-reactive ketones (excluding diaryl/α,β-unsaturated/α-hetero) is 1. The van der Waals surface area contributed by atoms with E-state index in [2.05, 4.69) is 5.16 Å². The van der Waals surface area contributed by atoms with E-state index in [9.17, 15) is 19.1 Å². The number of aliphatic hydroxyl groups excluding tert-OH is 1. The Morgan fingerprint density at radius 3 is 2.60 bits per heavy atom. The van der Waals surface area contributed by atoms with Crippen molar-refractivity contribution in [2.24, 2.45) is 0 Å². The van der Waals surface area contributed by atoms with Crippen LogP contribution in [0.5, 0.6) is 5.75 Å². The molecular weight excluding hydrogens is 391 g/mol. The molecule has 0 aliphatic carbocycles. The monoisotopic (exact) mass is 408 g/mol. The first-order chi connectivity index (χ1) is 14.4. The molecule has 0 unspecified atom stereocenters. The number of ketones is 1. The fourth-order valence-corrected chi connectivity index (χ4v) is 3.45. The summed E-state index contributed by atoms with van der Waals surface area (Å²) in [6.07, 6.45) is 0. The third-order valence-corrected chi connectivity index (χ3v) is 4.85. The standard InChI is InChI=1S/C22H17FN2O5/c1-12-10-17(24-30-12)25-19(15-8-3-4-9-16(15)23)18(21(27)22(25)28)20(26)13-6-5-7-14(11-13)29-2/h3-11,19,26H,1-2H3/b20-18+/t19-/m0/s1. The number of nitrogens with zero attached hydrogens (tertiary/aromatic N) is 2. The number of hydrogen-bond acceptors (Lipinski definition) is 6. The van der Waals surface area contributed by atoms with Crippen LogP contribution in [0.2, 0.25) is 0 Å². The number of aromatic nitrogens is 1. The van der Waals surface area contributed by atoms with Gasteiger partial charge in [-0.1, -0.05) is 35.5 Å². The van der Waals surface area contributed by atoms with E-state index in [0.717, 1.165) is 4.90 Å². The Kier molecular flexibility index (Phi) is 4.83. The van der Waals surface area contributed by atoms with Crippen molar-refractivity contribution >= 4 is 23.3 Å². The highest BCUT2D eigenvalue weighted by Gasteiger charge is 2.48. The number of carbonyl (C=O) groups excluding carboxylic acids is 2. The summed E-state index contributed by atoms with van der Waals surface area (Å²) in [7, 11) is 1.46. The van der Waals surface area contributed by atoms with Crippen LogP contribution in [0.1, 0.15) is 22.9 Å². The molecule has 0 saturated carbocycles. The number of benzene rings is 2. The zero-order valence-electron chi connectivity index (χ0n) is 16.1. The molecule has 30 heavy (non-hydrogen) atoms. The summed E-state index contributed by atoms with van der Waals surface area (Å²) < 4.78 is 24.9. The van der Waals surface area contributed by atoms with Crippen molar-refractivity contribution in [2.45, 2.75) is 13.0 Å². The molecule has 1 N–H and O–H groups in total. The SMILES string of the molecule is COc1cccc(/C(O)=C2\C(=O)C(=O)N(c3cc(C)on3)[C@H]2c2ccccc2F)c1. The molecule has 4 rings (SSSR count). The largest absolute Gasteiger partial charge is 0.507 e. The Morgan fingerprint density at radius 1 is 1.17 bits per heavy atom. The van der Waals surface area contributed by atoms with Gasteiger partial charge in [0.25, 0.3) is 5.78 Å². The molecule has 0 radical (unpaired) electrons. The lowest BCUT2D eigenvalue weighted by Crippen LogP contribution is -2.30. The zero-order valence-corrected chi connectivity index (χ0v) is 16.1. The molecule has 2 heterocycles. The van der Waals surface area contributed by atoms with Gasteiger partial charge in [0.15, 0.2) is 5.82 Å². The van der Waals surface area contributed by atoms with Crippen molar-refractivity contribution in [3.63, 3.8) is 0 Å². The van der Waals surface area contributed by atoms with Crippen LogP contribution in [0, 0.1) is 12.7 Å². The van der Waals surface area contributed by atoms with Crippen molar-refractivity contribution in [3.8, 4) is 5.75 Å². The third kappa shape index (κ3) is 3.12. The van der Waals surface area contributed by atoms with Crippen LogP contribution in [0.15, 0.2) is 64.7 Å². The lowest BCUT2D eigenvalue weighted by molar-refractivity contribution is -0.132. The van der Waals surface area contributed by atoms with Gasteiger partial charge in [0.1, 0.15) is 23.1 Å². The average Bonchev–Trinajstić information content (AvgIpc) is 3.29. The second-order valence-corrected chi connectivity index (χ2v) is 6.72. The first kappa shape index (κ1) is 19.4. The van der Waals surface area contributed by atoms with Gasteiger partial charge in [-0.25, -0.2) is 4.39 Å². The lowest BCUT2D eigenvalue weighted by atomic mass is 9.95. The molecule has 1 aliphatic heterocycles. The van der Waals surface area contributed by atoms with Gasteiger partial charge in [0.2, 0.25) is 0 Å². The van der Waals surface area contributed by atoms with Crippen LogP contribution in [0.3, 0.4) is 0 Å². The number of methoxy groups -OCH3 is 1. The first-order valence-corrected chi connectivity index (χ1v) is 9.05. The second kappa shape index (κ2) is 7.47. The number of aliphatic hydroxyl groups is 1. The van der Waals surface area contributed by atoms with Crippen LogP contribution in [0.25, 0.3) is 5.76 Å². The van der Waals surface area contributed by atoms with Crippen LogP contribution in [-0.2, 0) is 9.59 Å². The fourth-order valence-electron chi connectivity index (χ4n) is 3.45. The minimum atomic E-state index is -1.22. The van der Waals surface area contributed by atoms with E-state index >= 15 is 0 Å². The van der Waals surface area contributed by atoms with Gasteiger partial charge in [-0.3, -0.25) is 14.5 Å². The van der Waals surface area contributed by atoms with E-state index in [-0.39, 0.29) is 22.5 Å². The van der Waals surface area contributed by atoms with Gasteiger partial charge >= 0.3 is 5.91 Å². The van der Waals surface area contributed by atoms with Crippen molar-refractivity contribution in [2.75, 3.05) is 12.0 Å². The van der Waals surface area contributed by atoms with Crippen molar-refractivity contribution in [3.05, 3.63) is 82.9 Å². The van der Waals surface area contributed by atoms with E-state index < -0.39 is 29.3 Å². The van der Waals surface area contributed by atoms with Gasteiger partial charge in [-0.15, -0.1) is 0 Å². The molecule has 0 spiro atoms. The van der Waals surface area contributed by atoms with Gasteiger partial charge < -0.3 is 14.4 Å². The van der Waals surface area contributed by atoms with E-state index in [1.54, 1.807) is 31.2 Å². The van der Waals surface area contributed by atoms with Gasteiger partial charge in [-0.05, 0) is 25.1 Å². The number of rotatable bonds is 4. The Balaban J connectivity index is 1.97. The molecule has 1 aromatic heterocycles. The highest BCUT2D eigenvalue weighted by molar-refractivity contribution is 6.51. The van der Waals surface area contributed by atoms with Crippen molar-refractivity contribution in [1.29, 1.82) is 0 Å². The topological polar surface area (TPSA) is 92.9 Å². The van der Waals surface area contributed by atoms with Gasteiger partial charge in [0.05, 0.1) is 18.7 Å². The molecule has 1 atom stereocenters. The van der Waals surface area contributed by atoms with Gasteiger partial charge in [0, 0.05) is 17.2 Å². The summed E-state index contributed by atoms with van der Waals surface area (Å²) in [4.78, 5) is 26.9. The highest BCUT2D eigenvalue weighted by Crippen LogP contribution is 2.42. The number of amides is 1. The number of carbonyl (C=O) groups is 2. The highest BCUT2D eigenvalue weighted by atomic mass is 19.1. The quantitative estimate of drug-likeness (QED) is 0.401. The summed E-state index contributed by atoms with van der Waals surface area (Å²) in [6.45, 7) is 1.63. The summed E-state index contributed by atoms with van der Waals surface area (Å²) in [5.41, 5.74) is 0.0471. The Bertz CT molecular complexity index is 1180. The van der Waals surface area contributed by atoms with E-state index in [1.165, 1.54) is 37.4 Å². The van der Waals surface area contributed by atoms with E-state index in [4.69, 9.17) is 9.26 Å². The molecule has 1 aliphatic rings. The predicted octanol–water partition coefficient (Wildman–Crippen LogP) is 3.76. The first-order valence-electron chi connectivity index (χ1n) is 9.05. The molecule has 152 valence electrons. The number of anilines is 1. The third-order valence-electron chi connectivity index (χ3n) is 4.85. The average molecular weight is 408 g/mol. The Morgan fingerprint density at radius 2 is 1.93 bits per heavy atom. The van der Waals surface area contributed by atoms with Crippen molar-refractivity contribution < 1.29 is 28.3 Å². The van der Waals surface area contributed by atoms with Crippen LogP contribution >= 0.6 is 0 Å². The fraction of sp³-hybridized carbons (Fsp3) is 0.136. The molecule has 8 heteroatoms. The summed E-state index contributed by atoms with van der Waals surface area (Å²) in [5, 5.41) is 14.8. The lowest BCUT2D eigenvalue weighted by Gasteiger charge is -2.23. The second-order valence-electron chi connectivity index (χ2n) is 6.72. The number of halogens is 1. The molecule has 1 saturated heterocycles. The Hall–Kier alpha value is -3.94. The van der Waals surface area contributed by atoms with Crippen LogP contribution in [0.4, 0.5) is 10.2 Å². The van der Waals surface area contributed by atoms with E-state index in [0.29, 0.717) is 11.5 Å². The smallest absolute Gasteiger partial charge is 0.301 e. The molecule has 1 fully saturated rings. The molecule has 3 aromatic rings. The normalized spacial score (nSPS) is 18.1. The molecule has 0 bridgehead atoms. The minimum Gasteiger partial charge on any atom is -0.507 e. The minimum absolute atomic E-state index is 0.0433. The van der Waals surface area contributed by atoms with Crippen molar-refractivity contribution in [1.82, 2.24) is 5.16 Å². The number of ether oxygens (including phenoxy) is 1.